The van der Waals surface area contributed by atoms with Gasteiger partial charge in [0.05, 0.1) is 6.04 Å². The van der Waals surface area contributed by atoms with Crippen LogP contribution in [0.5, 0.6) is 0 Å². The minimum atomic E-state index is 0.313. The minimum absolute atomic E-state index is 0.313. The normalized spacial score (nSPS) is 10.9. The van der Waals surface area contributed by atoms with Crippen LogP contribution in [-0.4, -0.2) is 20.2 Å². The molecule has 0 saturated heterocycles. The van der Waals surface area contributed by atoms with Gasteiger partial charge in [0.2, 0.25) is 0 Å². The van der Waals surface area contributed by atoms with Gasteiger partial charge in [0.15, 0.2) is 5.82 Å². The Labute approximate surface area is 66.6 Å². The van der Waals surface area contributed by atoms with Gasteiger partial charge in [0.25, 0.3) is 0 Å². The lowest BCUT2D eigenvalue weighted by molar-refractivity contribution is 0.453. The Kier molecular flexibility index (Phi) is 2.57. The number of hydrogen-bond donors (Lipinski definition) is 0. The molecular weight excluding hydrogens is 140 g/mol. The van der Waals surface area contributed by atoms with Crippen molar-refractivity contribution in [3.05, 3.63) is 5.82 Å². The number of nitrogens with zero attached hydrogens (tertiary/aromatic N) is 4. The molecule has 0 radical (unpaired) electrons. The van der Waals surface area contributed by atoms with Crippen LogP contribution in [0.3, 0.4) is 0 Å². The summed E-state index contributed by atoms with van der Waals surface area (Å²) in [6.45, 7) is 6.19. The van der Waals surface area contributed by atoms with E-state index >= 15 is 0 Å². The average molecular weight is 154 g/mol. The molecule has 11 heavy (non-hydrogen) atoms. The van der Waals surface area contributed by atoms with Crippen LogP contribution >= 0.6 is 0 Å². The highest BCUT2D eigenvalue weighted by atomic mass is 15.6. The number of hydrogen-bond acceptors (Lipinski definition) is 3. The summed E-state index contributed by atoms with van der Waals surface area (Å²) < 4.78 is 0. The summed E-state index contributed by atoms with van der Waals surface area (Å²) in [6.07, 6.45) is 2.00. The van der Waals surface area contributed by atoms with Gasteiger partial charge in [-0.25, -0.2) is 0 Å². The Hall–Kier alpha value is -0.930. The maximum Gasteiger partial charge on any atom is 0.174 e. The first-order valence-electron chi connectivity index (χ1n) is 4.02. The molecule has 1 heterocycles. The monoisotopic (exact) mass is 154 g/mol. The van der Waals surface area contributed by atoms with Crippen LogP contribution in [0, 0.1) is 0 Å². The van der Waals surface area contributed by atoms with Crippen molar-refractivity contribution in [3.8, 4) is 0 Å². The summed E-state index contributed by atoms with van der Waals surface area (Å²) in [7, 11) is 0. The summed E-state index contributed by atoms with van der Waals surface area (Å²) in [5.41, 5.74) is 0. The summed E-state index contributed by atoms with van der Waals surface area (Å²) in [5.74, 6) is 0.848. The zero-order valence-electron chi connectivity index (χ0n) is 7.28. The summed E-state index contributed by atoms with van der Waals surface area (Å²) in [5, 5.41) is 12.0. The van der Waals surface area contributed by atoms with Crippen molar-refractivity contribution in [2.45, 2.75) is 39.7 Å². The van der Waals surface area contributed by atoms with Crippen LogP contribution in [0.25, 0.3) is 0 Å². The summed E-state index contributed by atoms with van der Waals surface area (Å²) in [4.78, 5) is 1.64. The average Bonchev–Trinajstić information content (AvgIpc) is 2.37. The van der Waals surface area contributed by atoms with E-state index in [0.717, 1.165) is 18.7 Å². The van der Waals surface area contributed by atoms with Gasteiger partial charge in [0, 0.05) is 6.42 Å². The van der Waals surface area contributed by atoms with Crippen molar-refractivity contribution in [3.63, 3.8) is 0 Å². The number of aryl methyl sites for hydroxylation is 1. The van der Waals surface area contributed by atoms with Gasteiger partial charge >= 0.3 is 0 Å². The molecule has 0 aliphatic rings. The SMILES string of the molecule is CCCc1nnn(C(C)C)n1. The molecule has 0 amide bonds. The number of tetrazole rings is 1. The fourth-order valence-corrected chi connectivity index (χ4v) is 0.798. The number of rotatable bonds is 3. The van der Waals surface area contributed by atoms with Crippen molar-refractivity contribution in [2.24, 2.45) is 0 Å². The third kappa shape index (κ3) is 2.00. The van der Waals surface area contributed by atoms with E-state index < -0.39 is 0 Å². The lowest BCUT2D eigenvalue weighted by Gasteiger charge is -1.98. The van der Waals surface area contributed by atoms with Gasteiger partial charge in [-0.3, -0.25) is 0 Å². The highest BCUT2D eigenvalue weighted by molar-refractivity contribution is 4.76. The molecule has 0 N–H and O–H groups in total. The fourth-order valence-electron chi connectivity index (χ4n) is 0.798. The van der Waals surface area contributed by atoms with Crippen molar-refractivity contribution < 1.29 is 0 Å². The zero-order chi connectivity index (χ0) is 8.27. The maximum absolute atomic E-state index is 4.19. The third-order valence-electron chi connectivity index (χ3n) is 1.41. The predicted molar refractivity (Wildman–Crippen MR) is 42.2 cm³/mol. The maximum atomic E-state index is 4.19. The Morgan fingerprint density at radius 3 is 2.64 bits per heavy atom. The van der Waals surface area contributed by atoms with E-state index in [9.17, 15) is 0 Å². The van der Waals surface area contributed by atoms with Crippen molar-refractivity contribution >= 4 is 0 Å². The topological polar surface area (TPSA) is 43.6 Å². The van der Waals surface area contributed by atoms with Crippen LogP contribution in [0.1, 0.15) is 39.1 Å². The molecule has 0 saturated carbocycles. The molecule has 0 aromatic carbocycles. The van der Waals surface area contributed by atoms with Crippen LogP contribution in [-0.2, 0) is 6.42 Å². The smallest absolute Gasteiger partial charge is 0.162 e. The van der Waals surface area contributed by atoms with Gasteiger partial charge in [-0.15, -0.1) is 10.2 Å². The van der Waals surface area contributed by atoms with Gasteiger partial charge in [-0.1, -0.05) is 6.92 Å². The molecule has 0 atom stereocenters. The van der Waals surface area contributed by atoms with Gasteiger partial charge < -0.3 is 0 Å². The molecule has 1 aromatic rings. The molecule has 1 aromatic heterocycles. The Bertz CT molecular complexity index is 216. The third-order valence-corrected chi connectivity index (χ3v) is 1.41. The summed E-state index contributed by atoms with van der Waals surface area (Å²) >= 11 is 0. The Balaban J connectivity index is 2.66. The Morgan fingerprint density at radius 2 is 2.18 bits per heavy atom. The lowest BCUT2D eigenvalue weighted by atomic mass is 10.3. The van der Waals surface area contributed by atoms with E-state index in [0.29, 0.717) is 6.04 Å². The molecule has 0 bridgehead atoms. The molecule has 62 valence electrons. The van der Waals surface area contributed by atoms with E-state index in [1.54, 1.807) is 4.80 Å². The van der Waals surface area contributed by atoms with E-state index in [-0.39, 0.29) is 0 Å². The largest absolute Gasteiger partial charge is 0.174 e. The lowest BCUT2D eigenvalue weighted by Crippen LogP contribution is -2.05. The quantitative estimate of drug-likeness (QED) is 0.657. The predicted octanol–water partition coefficient (Wildman–Crippen LogP) is 1.21. The molecule has 4 heteroatoms. The molecule has 0 aliphatic heterocycles. The van der Waals surface area contributed by atoms with E-state index in [4.69, 9.17) is 0 Å². The molecule has 0 aliphatic carbocycles. The Morgan fingerprint density at radius 1 is 1.45 bits per heavy atom. The molecule has 0 spiro atoms. The fraction of sp³-hybridized carbons (Fsp3) is 0.857. The van der Waals surface area contributed by atoms with Crippen LogP contribution in [0.15, 0.2) is 0 Å². The highest BCUT2D eigenvalue weighted by Crippen LogP contribution is 1.99. The number of aromatic nitrogens is 4. The highest BCUT2D eigenvalue weighted by Gasteiger charge is 2.03. The van der Waals surface area contributed by atoms with Crippen LogP contribution in [0.2, 0.25) is 0 Å². The van der Waals surface area contributed by atoms with Gasteiger partial charge in [-0.2, -0.15) is 4.80 Å². The second-order valence-electron chi connectivity index (χ2n) is 2.87. The zero-order valence-corrected chi connectivity index (χ0v) is 7.28. The minimum Gasteiger partial charge on any atom is -0.162 e. The molecule has 4 nitrogen and oxygen atoms in total. The first-order chi connectivity index (χ1) is 5.24. The van der Waals surface area contributed by atoms with E-state index in [1.807, 2.05) is 13.8 Å². The van der Waals surface area contributed by atoms with Crippen molar-refractivity contribution in [1.29, 1.82) is 0 Å². The molecular formula is C7H14N4. The van der Waals surface area contributed by atoms with Crippen LogP contribution in [0.4, 0.5) is 0 Å². The first-order valence-corrected chi connectivity index (χ1v) is 4.02. The van der Waals surface area contributed by atoms with Gasteiger partial charge in [-0.05, 0) is 25.5 Å². The van der Waals surface area contributed by atoms with Crippen molar-refractivity contribution in [1.82, 2.24) is 20.2 Å². The summed E-state index contributed by atoms with van der Waals surface area (Å²) in [6, 6.07) is 0.313. The standard InChI is InChI=1S/C7H14N4/c1-4-5-7-8-10-11(9-7)6(2)3/h6H,4-5H2,1-3H3. The molecule has 0 unspecified atom stereocenters. The van der Waals surface area contributed by atoms with Crippen LogP contribution < -0.4 is 0 Å². The van der Waals surface area contributed by atoms with Gasteiger partial charge in [0.1, 0.15) is 0 Å². The molecule has 0 fully saturated rings. The van der Waals surface area contributed by atoms with E-state index in [2.05, 4.69) is 22.3 Å². The second kappa shape index (κ2) is 3.46. The van der Waals surface area contributed by atoms with E-state index in [1.165, 1.54) is 0 Å². The second-order valence-corrected chi connectivity index (χ2v) is 2.87. The van der Waals surface area contributed by atoms with Crippen molar-refractivity contribution in [2.75, 3.05) is 0 Å². The first kappa shape index (κ1) is 8.17. The molecule has 1 rings (SSSR count).